The summed E-state index contributed by atoms with van der Waals surface area (Å²) in [5.41, 5.74) is 1.78. The van der Waals surface area contributed by atoms with Crippen LogP contribution in [-0.2, 0) is 11.3 Å². The average molecular weight is 341 g/mol. The van der Waals surface area contributed by atoms with Crippen molar-refractivity contribution in [1.82, 2.24) is 15.2 Å². The van der Waals surface area contributed by atoms with Gasteiger partial charge in [-0.15, -0.1) is 0 Å². The van der Waals surface area contributed by atoms with Crippen LogP contribution in [0.1, 0.15) is 37.5 Å². The average Bonchev–Trinajstić information content (AvgIpc) is 3.18. The standard InChI is InChI=1S/C19H23N3O2.CH4/c23-18(16-8-10-20-11-9-16)17(19(24)22-12-4-5-13-22)21-14-15-6-2-1-3-7-15;/h1-3,6-11,17-18,21,23H,4-5,12-14H2;1H4/t17-,18+;/m1./s1. The number of aliphatic hydroxyl groups excluding tert-OH is 1. The number of pyridine rings is 1. The molecule has 25 heavy (non-hydrogen) atoms. The Labute approximate surface area is 149 Å². The molecule has 1 amide bonds. The number of nitrogens with zero attached hydrogens (tertiary/aromatic N) is 2. The predicted octanol–water partition coefficient (Wildman–Crippen LogP) is 2.53. The first-order valence-corrected chi connectivity index (χ1v) is 8.40. The summed E-state index contributed by atoms with van der Waals surface area (Å²) < 4.78 is 0. The van der Waals surface area contributed by atoms with Crippen molar-refractivity contribution in [2.24, 2.45) is 0 Å². The summed E-state index contributed by atoms with van der Waals surface area (Å²) in [5.74, 6) is -0.0345. The van der Waals surface area contributed by atoms with Gasteiger partial charge in [-0.2, -0.15) is 0 Å². The highest BCUT2D eigenvalue weighted by Gasteiger charge is 2.32. The zero-order chi connectivity index (χ0) is 16.8. The van der Waals surface area contributed by atoms with E-state index in [9.17, 15) is 9.90 Å². The van der Waals surface area contributed by atoms with Gasteiger partial charge in [0, 0.05) is 32.0 Å². The summed E-state index contributed by atoms with van der Waals surface area (Å²) in [5, 5.41) is 14.0. The maximum atomic E-state index is 12.9. The van der Waals surface area contributed by atoms with E-state index in [4.69, 9.17) is 0 Å². The van der Waals surface area contributed by atoms with E-state index in [2.05, 4.69) is 10.3 Å². The molecular weight excluding hydrogens is 314 g/mol. The summed E-state index contributed by atoms with van der Waals surface area (Å²) in [6.07, 6.45) is 4.43. The minimum Gasteiger partial charge on any atom is -0.386 e. The second-order valence-corrected chi connectivity index (χ2v) is 6.10. The molecule has 0 bridgehead atoms. The first-order valence-electron chi connectivity index (χ1n) is 8.40. The van der Waals surface area contributed by atoms with Gasteiger partial charge in [0.25, 0.3) is 0 Å². The first-order chi connectivity index (χ1) is 11.8. The van der Waals surface area contributed by atoms with E-state index in [1.807, 2.05) is 35.2 Å². The molecule has 1 aliphatic rings. The maximum absolute atomic E-state index is 12.9. The van der Waals surface area contributed by atoms with Gasteiger partial charge in [-0.3, -0.25) is 15.1 Å². The van der Waals surface area contributed by atoms with Crippen molar-refractivity contribution < 1.29 is 9.90 Å². The molecule has 1 aromatic heterocycles. The predicted molar refractivity (Wildman–Crippen MR) is 98.8 cm³/mol. The Bertz CT molecular complexity index is 643. The van der Waals surface area contributed by atoms with Gasteiger partial charge in [-0.25, -0.2) is 0 Å². The molecule has 0 saturated carbocycles. The maximum Gasteiger partial charge on any atom is 0.242 e. The van der Waals surface area contributed by atoms with Crippen molar-refractivity contribution >= 4 is 5.91 Å². The van der Waals surface area contributed by atoms with Crippen LogP contribution in [0, 0.1) is 0 Å². The fourth-order valence-corrected chi connectivity index (χ4v) is 3.04. The van der Waals surface area contributed by atoms with Crippen LogP contribution in [0.25, 0.3) is 0 Å². The first kappa shape index (κ1) is 19.1. The molecule has 2 aromatic rings. The number of rotatable bonds is 6. The van der Waals surface area contributed by atoms with Gasteiger partial charge in [0.2, 0.25) is 5.91 Å². The van der Waals surface area contributed by atoms with Crippen LogP contribution in [-0.4, -0.2) is 40.0 Å². The van der Waals surface area contributed by atoms with Crippen molar-refractivity contribution in [3.63, 3.8) is 0 Å². The summed E-state index contributed by atoms with van der Waals surface area (Å²) >= 11 is 0. The number of hydrogen-bond acceptors (Lipinski definition) is 4. The molecule has 2 N–H and O–H groups in total. The molecule has 0 spiro atoms. The molecular formula is C20H27N3O2. The molecule has 2 atom stereocenters. The second kappa shape index (κ2) is 9.30. The Balaban J connectivity index is 0.00000225. The number of carbonyl (C=O) groups excluding carboxylic acids is 1. The van der Waals surface area contributed by atoms with E-state index < -0.39 is 12.1 Å². The van der Waals surface area contributed by atoms with Crippen LogP contribution in [0.15, 0.2) is 54.9 Å². The monoisotopic (exact) mass is 341 g/mol. The van der Waals surface area contributed by atoms with E-state index in [0.717, 1.165) is 31.5 Å². The fourth-order valence-electron chi connectivity index (χ4n) is 3.04. The van der Waals surface area contributed by atoms with Gasteiger partial charge < -0.3 is 10.0 Å². The molecule has 1 aromatic carbocycles. The third-order valence-corrected chi connectivity index (χ3v) is 4.42. The van der Waals surface area contributed by atoms with Gasteiger partial charge in [0.1, 0.15) is 12.1 Å². The van der Waals surface area contributed by atoms with Crippen LogP contribution in [0.4, 0.5) is 0 Å². The molecule has 0 aliphatic carbocycles. The molecule has 5 nitrogen and oxygen atoms in total. The number of hydrogen-bond donors (Lipinski definition) is 2. The van der Waals surface area contributed by atoms with Gasteiger partial charge >= 0.3 is 0 Å². The Morgan fingerprint density at radius 2 is 1.76 bits per heavy atom. The smallest absolute Gasteiger partial charge is 0.242 e. The van der Waals surface area contributed by atoms with Crippen molar-refractivity contribution in [2.75, 3.05) is 13.1 Å². The van der Waals surface area contributed by atoms with E-state index in [-0.39, 0.29) is 13.3 Å². The highest BCUT2D eigenvalue weighted by molar-refractivity contribution is 5.83. The third-order valence-electron chi connectivity index (χ3n) is 4.42. The summed E-state index contributed by atoms with van der Waals surface area (Å²) in [7, 11) is 0. The molecule has 0 radical (unpaired) electrons. The third kappa shape index (κ3) is 4.87. The lowest BCUT2D eigenvalue weighted by Gasteiger charge is -2.28. The van der Waals surface area contributed by atoms with Crippen LogP contribution in [0.3, 0.4) is 0 Å². The van der Waals surface area contributed by atoms with Crippen molar-refractivity contribution in [3.8, 4) is 0 Å². The molecule has 1 fully saturated rings. The molecule has 5 heteroatoms. The molecule has 2 heterocycles. The van der Waals surface area contributed by atoms with Gasteiger partial charge in [0.05, 0.1) is 0 Å². The second-order valence-electron chi connectivity index (χ2n) is 6.10. The number of aliphatic hydroxyl groups is 1. The Morgan fingerprint density at radius 1 is 1.12 bits per heavy atom. The van der Waals surface area contributed by atoms with Gasteiger partial charge in [-0.1, -0.05) is 37.8 Å². The lowest BCUT2D eigenvalue weighted by Crippen LogP contribution is -2.48. The van der Waals surface area contributed by atoms with Crippen molar-refractivity contribution in [2.45, 2.75) is 39.0 Å². The molecule has 3 rings (SSSR count). The minimum atomic E-state index is -0.898. The lowest BCUT2D eigenvalue weighted by atomic mass is 10.0. The number of amides is 1. The number of likely N-dealkylation sites (tertiary alicyclic amines) is 1. The summed E-state index contributed by atoms with van der Waals surface area (Å²) in [6.45, 7) is 2.07. The highest BCUT2D eigenvalue weighted by Crippen LogP contribution is 2.20. The Morgan fingerprint density at radius 3 is 2.40 bits per heavy atom. The topological polar surface area (TPSA) is 65.5 Å². The lowest BCUT2D eigenvalue weighted by molar-refractivity contribution is -0.135. The Hall–Kier alpha value is -2.24. The zero-order valence-electron chi connectivity index (χ0n) is 13.6. The number of carbonyl (C=O) groups is 1. The number of nitrogens with one attached hydrogen (secondary N) is 1. The van der Waals surface area contributed by atoms with Crippen LogP contribution < -0.4 is 5.32 Å². The quantitative estimate of drug-likeness (QED) is 0.847. The molecule has 1 aliphatic heterocycles. The largest absolute Gasteiger partial charge is 0.386 e. The van der Waals surface area contributed by atoms with E-state index in [1.165, 1.54) is 0 Å². The normalized spacial score (nSPS) is 16.1. The van der Waals surface area contributed by atoms with Crippen LogP contribution >= 0.6 is 0 Å². The van der Waals surface area contributed by atoms with Gasteiger partial charge in [-0.05, 0) is 36.1 Å². The SMILES string of the molecule is C.O=C([C@H](NCc1ccccc1)[C@@H](O)c1ccncc1)N1CCCC1. The highest BCUT2D eigenvalue weighted by atomic mass is 16.3. The van der Waals surface area contributed by atoms with E-state index in [0.29, 0.717) is 12.1 Å². The van der Waals surface area contributed by atoms with Crippen LogP contribution in [0.2, 0.25) is 0 Å². The zero-order valence-corrected chi connectivity index (χ0v) is 13.6. The van der Waals surface area contributed by atoms with E-state index >= 15 is 0 Å². The van der Waals surface area contributed by atoms with Crippen molar-refractivity contribution in [1.29, 1.82) is 0 Å². The Kier molecular flexibility index (Phi) is 7.10. The van der Waals surface area contributed by atoms with Gasteiger partial charge in [0.15, 0.2) is 0 Å². The summed E-state index contributed by atoms with van der Waals surface area (Å²) in [6, 6.07) is 12.7. The number of aromatic nitrogens is 1. The molecule has 1 saturated heterocycles. The minimum absolute atomic E-state index is 0. The molecule has 0 unspecified atom stereocenters. The number of benzene rings is 1. The van der Waals surface area contributed by atoms with Crippen LogP contribution in [0.5, 0.6) is 0 Å². The fraction of sp³-hybridized carbons (Fsp3) is 0.400. The summed E-state index contributed by atoms with van der Waals surface area (Å²) in [4.78, 5) is 18.7. The van der Waals surface area contributed by atoms with Crippen molar-refractivity contribution in [3.05, 3.63) is 66.0 Å². The van der Waals surface area contributed by atoms with E-state index in [1.54, 1.807) is 24.5 Å². The molecule has 134 valence electrons.